The van der Waals surface area contributed by atoms with Crippen LogP contribution in [0.3, 0.4) is 0 Å². The maximum absolute atomic E-state index is 11.0. The summed E-state index contributed by atoms with van der Waals surface area (Å²) in [7, 11) is 0. The number of alkyl halides is 1. The van der Waals surface area contributed by atoms with Gasteiger partial charge in [-0.05, 0) is 24.3 Å². The van der Waals surface area contributed by atoms with Crippen LogP contribution in [0, 0.1) is 10.1 Å². The number of ether oxygens (including phenoxy) is 3. The van der Waals surface area contributed by atoms with Gasteiger partial charge in [0.05, 0.1) is 16.9 Å². The van der Waals surface area contributed by atoms with Crippen molar-refractivity contribution >= 4 is 37.5 Å². The van der Waals surface area contributed by atoms with Crippen molar-refractivity contribution in [2.75, 3.05) is 18.5 Å². The number of nitro groups is 1. The van der Waals surface area contributed by atoms with E-state index in [-0.39, 0.29) is 11.8 Å². The third kappa shape index (κ3) is 4.20. The highest BCUT2D eigenvalue weighted by Crippen LogP contribution is 2.37. The highest BCUT2D eigenvalue weighted by Gasteiger charge is 2.43. The molecule has 3 rings (SSSR count). The first-order chi connectivity index (χ1) is 12.0. The van der Waals surface area contributed by atoms with E-state index in [4.69, 9.17) is 14.2 Å². The average molecular weight is 473 g/mol. The van der Waals surface area contributed by atoms with E-state index in [1.165, 1.54) is 12.1 Å². The van der Waals surface area contributed by atoms with Gasteiger partial charge in [-0.2, -0.15) is 0 Å². The Morgan fingerprint density at radius 1 is 1.28 bits per heavy atom. The number of nitrogens with zero attached hydrogens (tertiary/aromatic N) is 1. The van der Waals surface area contributed by atoms with E-state index in [9.17, 15) is 10.1 Å². The van der Waals surface area contributed by atoms with Crippen molar-refractivity contribution in [2.45, 2.75) is 11.9 Å². The molecule has 1 aliphatic heterocycles. The first kappa shape index (κ1) is 18.3. The van der Waals surface area contributed by atoms with Crippen LogP contribution in [0.4, 0.5) is 5.69 Å². The molecule has 6 nitrogen and oxygen atoms in total. The molecule has 2 aromatic rings. The fourth-order valence-electron chi connectivity index (χ4n) is 2.52. The quantitative estimate of drug-likeness (QED) is 0.354. The van der Waals surface area contributed by atoms with Gasteiger partial charge in [0.15, 0.2) is 0 Å². The number of hydrogen-bond donors (Lipinski definition) is 0. The number of halogens is 2. The zero-order valence-corrected chi connectivity index (χ0v) is 16.2. The van der Waals surface area contributed by atoms with Gasteiger partial charge in [0, 0.05) is 22.2 Å². The SMILES string of the molecule is O=[N+]([O-])c1cccc(C2(CBr)OCC(COc3ccc(Br)cc3)O2)c1. The van der Waals surface area contributed by atoms with Gasteiger partial charge in [0.1, 0.15) is 18.5 Å². The van der Waals surface area contributed by atoms with Gasteiger partial charge in [-0.1, -0.05) is 44.0 Å². The minimum absolute atomic E-state index is 0.000382. The van der Waals surface area contributed by atoms with E-state index in [2.05, 4.69) is 31.9 Å². The topological polar surface area (TPSA) is 70.8 Å². The Morgan fingerprint density at radius 3 is 2.72 bits per heavy atom. The Hall–Kier alpha value is -1.48. The molecule has 1 saturated heterocycles. The van der Waals surface area contributed by atoms with Crippen molar-refractivity contribution in [3.8, 4) is 5.75 Å². The van der Waals surface area contributed by atoms with Crippen LogP contribution in [0.15, 0.2) is 53.0 Å². The van der Waals surface area contributed by atoms with Gasteiger partial charge < -0.3 is 14.2 Å². The molecule has 2 aromatic carbocycles. The van der Waals surface area contributed by atoms with Gasteiger partial charge in [-0.25, -0.2) is 0 Å². The monoisotopic (exact) mass is 471 g/mol. The Kier molecular flexibility index (Phi) is 5.73. The minimum atomic E-state index is -1.06. The first-order valence-electron chi connectivity index (χ1n) is 7.53. The van der Waals surface area contributed by atoms with E-state index < -0.39 is 10.7 Å². The van der Waals surface area contributed by atoms with Gasteiger partial charge in [-0.3, -0.25) is 10.1 Å². The van der Waals surface area contributed by atoms with Crippen LogP contribution >= 0.6 is 31.9 Å². The summed E-state index contributed by atoms with van der Waals surface area (Å²) in [6, 6.07) is 13.8. The Balaban J connectivity index is 1.69. The van der Waals surface area contributed by atoms with E-state index in [1.807, 2.05) is 24.3 Å². The lowest BCUT2D eigenvalue weighted by Crippen LogP contribution is -2.31. The summed E-state index contributed by atoms with van der Waals surface area (Å²) in [5, 5.41) is 11.4. The van der Waals surface area contributed by atoms with Crippen LogP contribution in [0.1, 0.15) is 5.56 Å². The van der Waals surface area contributed by atoms with Gasteiger partial charge in [-0.15, -0.1) is 0 Å². The summed E-state index contributed by atoms with van der Waals surface area (Å²) >= 11 is 6.77. The molecule has 0 aliphatic carbocycles. The van der Waals surface area contributed by atoms with E-state index >= 15 is 0 Å². The van der Waals surface area contributed by atoms with Gasteiger partial charge in [0.25, 0.3) is 5.69 Å². The molecule has 0 spiro atoms. The lowest BCUT2D eigenvalue weighted by Gasteiger charge is -2.26. The second-order valence-electron chi connectivity index (χ2n) is 5.51. The lowest BCUT2D eigenvalue weighted by molar-refractivity contribution is -0.385. The number of rotatable bonds is 6. The lowest BCUT2D eigenvalue weighted by atomic mass is 10.1. The fourth-order valence-corrected chi connectivity index (χ4v) is 3.40. The van der Waals surface area contributed by atoms with Crippen molar-refractivity contribution in [3.05, 3.63) is 68.7 Å². The van der Waals surface area contributed by atoms with Crippen LogP contribution in [0.25, 0.3) is 0 Å². The van der Waals surface area contributed by atoms with Gasteiger partial charge >= 0.3 is 0 Å². The Morgan fingerprint density at radius 2 is 2.04 bits per heavy atom. The van der Waals surface area contributed by atoms with E-state index in [1.54, 1.807) is 12.1 Å². The van der Waals surface area contributed by atoms with Crippen LogP contribution in [-0.2, 0) is 15.3 Å². The molecule has 0 aromatic heterocycles. The molecule has 1 fully saturated rings. The van der Waals surface area contributed by atoms with Crippen molar-refractivity contribution in [1.82, 2.24) is 0 Å². The summed E-state index contributed by atoms with van der Waals surface area (Å²) in [6.45, 7) is 0.663. The van der Waals surface area contributed by atoms with Gasteiger partial charge in [0.2, 0.25) is 5.79 Å². The second-order valence-corrected chi connectivity index (χ2v) is 6.99. The molecule has 2 atom stereocenters. The van der Waals surface area contributed by atoms with E-state index in [0.29, 0.717) is 24.1 Å². The first-order valence-corrected chi connectivity index (χ1v) is 9.45. The molecule has 2 unspecified atom stereocenters. The zero-order chi connectivity index (χ0) is 17.9. The smallest absolute Gasteiger partial charge is 0.269 e. The molecule has 8 heteroatoms. The zero-order valence-electron chi connectivity index (χ0n) is 13.1. The summed E-state index contributed by atoms with van der Waals surface area (Å²) in [4.78, 5) is 10.6. The third-order valence-corrected chi connectivity index (χ3v) is 5.05. The standard InChI is InChI=1S/C17H15Br2NO5/c18-11-17(12-2-1-3-14(8-12)20(21)22)24-10-16(25-17)9-23-15-6-4-13(19)5-7-15/h1-8,16H,9-11H2. The van der Waals surface area contributed by atoms with Crippen LogP contribution in [-0.4, -0.2) is 29.6 Å². The minimum Gasteiger partial charge on any atom is -0.491 e. The van der Waals surface area contributed by atoms with Crippen LogP contribution in [0.2, 0.25) is 0 Å². The predicted octanol–water partition coefficient (Wildman–Crippen LogP) is 4.40. The third-order valence-electron chi connectivity index (χ3n) is 3.78. The normalized spacial score (nSPS) is 22.7. The maximum atomic E-state index is 11.0. The molecular weight excluding hydrogens is 458 g/mol. The molecule has 25 heavy (non-hydrogen) atoms. The number of benzene rings is 2. The maximum Gasteiger partial charge on any atom is 0.269 e. The van der Waals surface area contributed by atoms with Crippen molar-refractivity contribution < 1.29 is 19.1 Å². The molecule has 0 saturated carbocycles. The number of non-ortho nitro benzene ring substituents is 1. The summed E-state index contributed by atoms with van der Waals surface area (Å²) < 4.78 is 18.6. The summed E-state index contributed by atoms with van der Waals surface area (Å²) in [5.74, 6) is -0.321. The molecule has 0 bridgehead atoms. The molecule has 0 radical (unpaired) electrons. The fraction of sp³-hybridized carbons (Fsp3) is 0.294. The Bertz CT molecular complexity index is 755. The second kappa shape index (κ2) is 7.82. The largest absolute Gasteiger partial charge is 0.491 e. The van der Waals surface area contributed by atoms with Crippen molar-refractivity contribution in [2.24, 2.45) is 0 Å². The molecule has 0 N–H and O–H groups in total. The van der Waals surface area contributed by atoms with Crippen LogP contribution in [0.5, 0.6) is 5.75 Å². The summed E-state index contributed by atoms with van der Waals surface area (Å²) in [6.07, 6.45) is -0.277. The highest BCUT2D eigenvalue weighted by atomic mass is 79.9. The molecular formula is C17H15Br2NO5. The van der Waals surface area contributed by atoms with E-state index in [0.717, 1.165) is 10.2 Å². The molecule has 1 aliphatic rings. The number of hydrogen-bond acceptors (Lipinski definition) is 5. The Labute approximate surface area is 161 Å². The molecule has 1 heterocycles. The predicted molar refractivity (Wildman–Crippen MR) is 99.0 cm³/mol. The highest BCUT2D eigenvalue weighted by molar-refractivity contribution is 9.10. The molecule has 132 valence electrons. The van der Waals surface area contributed by atoms with Crippen molar-refractivity contribution in [1.29, 1.82) is 0 Å². The summed E-state index contributed by atoms with van der Waals surface area (Å²) in [5.41, 5.74) is 0.601. The average Bonchev–Trinajstić information content (AvgIpc) is 3.06. The van der Waals surface area contributed by atoms with Crippen molar-refractivity contribution in [3.63, 3.8) is 0 Å². The van der Waals surface area contributed by atoms with Crippen LogP contribution < -0.4 is 4.74 Å². The number of nitro benzene ring substituents is 1. The molecule has 0 amide bonds.